The van der Waals surface area contributed by atoms with Crippen LogP contribution in [-0.2, 0) is 20.6 Å². The van der Waals surface area contributed by atoms with Crippen LogP contribution in [0, 0.1) is 0 Å². The van der Waals surface area contributed by atoms with Gasteiger partial charge in [-0.3, -0.25) is 14.4 Å². The van der Waals surface area contributed by atoms with Gasteiger partial charge in [0.1, 0.15) is 5.75 Å². The standard InChI is InChI=1S/C20H18F3N3O4/c1-30-16-8-7-14(11-15(16)26-9-3-6-17(26)27)25-19(29)18(28)24-13-5-2-4-12(10-13)20(21,22)23/h2,4-5,7-8,10-11H,3,6,9H2,1H3,(H,24,28)(H,25,29). The molecule has 2 aromatic carbocycles. The minimum atomic E-state index is -4.57. The van der Waals surface area contributed by atoms with Crippen LogP contribution >= 0.6 is 0 Å². The summed E-state index contributed by atoms with van der Waals surface area (Å²) in [5, 5.41) is 4.50. The molecular formula is C20H18F3N3O4. The largest absolute Gasteiger partial charge is 0.495 e. The number of amides is 3. The van der Waals surface area contributed by atoms with Crippen molar-refractivity contribution in [3.8, 4) is 5.75 Å². The molecule has 1 aliphatic heterocycles. The molecule has 158 valence electrons. The van der Waals surface area contributed by atoms with E-state index < -0.39 is 23.6 Å². The van der Waals surface area contributed by atoms with Crippen LogP contribution in [0.15, 0.2) is 42.5 Å². The third-order valence-electron chi connectivity index (χ3n) is 4.45. The first kappa shape index (κ1) is 21.2. The third-order valence-corrected chi connectivity index (χ3v) is 4.45. The molecule has 7 nitrogen and oxygen atoms in total. The Labute approximate surface area is 169 Å². The normalized spacial score (nSPS) is 13.9. The number of anilines is 3. The van der Waals surface area contributed by atoms with Crippen molar-refractivity contribution < 1.29 is 32.3 Å². The first-order valence-corrected chi connectivity index (χ1v) is 8.97. The van der Waals surface area contributed by atoms with E-state index in [-0.39, 0.29) is 17.3 Å². The number of halogens is 3. The number of alkyl halides is 3. The zero-order valence-electron chi connectivity index (χ0n) is 15.9. The first-order chi connectivity index (χ1) is 14.2. The Kier molecular flexibility index (Phi) is 5.95. The highest BCUT2D eigenvalue weighted by Gasteiger charge is 2.30. The van der Waals surface area contributed by atoms with Crippen LogP contribution in [0.4, 0.5) is 30.2 Å². The van der Waals surface area contributed by atoms with Gasteiger partial charge in [0, 0.05) is 24.3 Å². The van der Waals surface area contributed by atoms with E-state index in [1.165, 1.54) is 30.2 Å². The fourth-order valence-corrected chi connectivity index (χ4v) is 3.03. The molecule has 1 saturated heterocycles. The molecule has 2 aromatic rings. The molecule has 2 N–H and O–H groups in total. The number of hydrogen-bond donors (Lipinski definition) is 2. The van der Waals surface area contributed by atoms with Crippen molar-refractivity contribution in [2.24, 2.45) is 0 Å². The highest BCUT2D eigenvalue weighted by atomic mass is 19.4. The Bertz CT molecular complexity index is 992. The molecule has 0 bridgehead atoms. The fraction of sp³-hybridized carbons (Fsp3) is 0.250. The maximum atomic E-state index is 12.8. The van der Waals surface area contributed by atoms with E-state index in [2.05, 4.69) is 10.6 Å². The van der Waals surface area contributed by atoms with Gasteiger partial charge in [0.05, 0.1) is 18.4 Å². The number of carbonyl (C=O) groups is 3. The average molecular weight is 421 g/mol. The van der Waals surface area contributed by atoms with Crippen LogP contribution < -0.4 is 20.3 Å². The summed E-state index contributed by atoms with van der Waals surface area (Å²) in [6.45, 7) is 0.503. The van der Waals surface area contributed by atoms with E-state index in [0.29, 0.717) is 30.8 Å². The molecule has 10 heteroatoms. The number of hydrogen-bond acceptors (Lipinski definition) is 4. The molecule has 0 radical (unpaired) electrons. The summed E-state index contributed by atoms with van der Waals surface area (Å²) in [5.74, 6) is -1.86. The molecule has 0 saturated carbocycles. The number of benzene rings is 2. The minimum absolute atomic E-state index is 0.0842. The van der Waals surface area contributed by atoms with E-state index in [1.54, 1.807) is 6.07 Å². The van der Waals surface area contributed by atoms with Gasteiger partial charge in [0.25, 0.3) is 0 Å². The number of nitrogens with one attached hydrogen (secondary N) is 2. The summed E-state index contributed by atoms with van der Waals surface area (Å²) in [5.41, 5.74) is -0.426. The number of rotatable bonds is 4. The van der Waals surface area contributed by atoms with Gasteiger partial charge in [-0.1, -0.05) is 6.07 Å². The predicted octanol–water partition coefficient (Wildman–Crippen LogP) is 3.42. The Morgan fingerprint density at radius 1 is 1.03 bits per heavy atom. The summed E-state index contributed by atoms with van der Waals surface area (Å²) >= 11 is 0. The second-order valence-corrected chi connectivity index (χ2v) is 6.52. The summed E-state index contributed by atoms with van der Waals surface area (Å²) in [6.07, 6.45) is -3.48. The topological polar surface area (TPSA) is 87.7 Å². The Morgan fingerprint density at radius 2 is 1.70 bits per heavy atom. The molecule has 1 aliphatic rings. The molecule has 3 rings (SSSR count). The highest BCUT2D eigenvalue weighted by Crippen LogP contribution is 2.34. The Balaban J connectivity index is 1.73. The Morgan fingerprint density at radius 3 is 2.27 bits per heavy atom. The van der Waals surface area contributed by atoms with Crippen LogP contribution in [0.2, 0.25) is 0 Å². The van der Waals surface area contributed by atoms with Crippen molar-refractivity contribution in [3.63, 3.8) is 0 Å². The van der Waals surface area contributed by atoms with Gasteiger partial charge in [-0.2, -0.15) is 13.2 Å². The number of ether oxygens (including phenoxy) is 1. The van der Waals surface area contributed by atoms with E-state index >= 15 is 0 Å². The molecule has 0 unspecified atom stereocenters. The SMILES string of the molecule is COc1ccc(NC(=O)C(=O)Nc2cccc(C(F)(F)F)c2)cc1N1CCCC1=O. The second kappa shape index (κ2) is 8.44. The predicted molar refractivity (Wildman–Crippen MR) is 103 cm³/mol. The molecule has 3 amide bonds. The van der Waals surface area contributed by atoms with Gasteiger partial charge in [-0.15, -0.1) is 0 Å². The van der Waals surface area contributed by atoms with E-state index in [1.807, 2.05) is 0 Å². The third kappa shape index (κ3) is 4.70. The van der Waals surface area contributed by atoms with Crippen LogP contribution in [-0.4, -0.2) is 31.4 Å². The van der Waals surface area contributed by atoms with E-state index in [0.717, 1.165) is 18.2 Å². The zero-order chi connectivity index (χ0) is 21.9. The lowest BCUT2D eigenvalue weighted by Gasteiger charge is -2.20. The molecule has 1 fully saturated rings. The molecule has 0 atom stereocenters. The lowest BCUT2D eigenvalue weighted by atomic mass is 10.2. The van der Waals surface area contributed by atoms with Crippen LogP contribution in [0.1, 0.15) is 18.4 Å². The lowest BCUT2D eigenvalue weighted by Crippen LogP contribution is -2.29. The number of methoxy groups -OCH3 is 1. The summed E-state index contributed by atoms with van der Waals surface area (Å²) in [4.78, 5) is 37.8. The summed E-state index contributed by atoms with van der Waals surface area (Å²) in [7, 11) is 1.44. The van der Waals surface area contributed by atoms with Crippen molar-refractivity contribution in [3.05, 3.63) is 48.0 Å². The second-order valence-electron chi connectivity index (χ2n) is 6.52. The van der Waals surface area contributed by atoms with Gasteiger partial charge in [0.2, 0.25) is 5.91 Å². The van der Waals surface area contributed by atoms with Crippen molar-refractivity contribution in [2.75, 3.05) is 29.2 Å². The molecule has 1 heterocycles. The van der Waals surface area contributed by atoms with Crippen molar-refractivity contribution in [1.82, 2.24) is 0 Å². The molecular weight excluding hydrogens is 403 g/mol. The maximum Gasteiger partial charge on any atom is 0.416 e. The van der Waals surface area contributed by atoms with Gasteiger partial charge >= 0.3 is 18.0 Å². The number of nitrogens with zero attached hydrogens (tertiary/aromatic N) is 1. The van der Waals surface area contributed by atoms with Gasteiger partial charge in [-0.05, 0) is 42.8 Å². The fourth-order valence-electron chi connectivity index (χ4n) is 3.03. The van der Waals surface area contributed by atoms with Crippen LogP contribution in [0.25, 0.3) is 0 Å². The minimum Gasteiger partial charge on any atom is -0.495 e. The smallest absolute Gasteiger partial charge is 0.416 e. The van der Waals surface area contributed by atoms with Crippen molar-refractivity contribution in [2.45, 2.75) is 19.0 Å². The zero-order valence-corrected chi connectivity index (χ0v) is 15.9. The molecule has 30 heavy (non-hydrogen) atoms. The highest BCUT2D eigenvalue weighted by molar-refractivity contribution is 6.43. The van der Waals surface area contributed by atoms with Gasteiger partial charge in [0.15, 0.2) is 0 Å². The number of carbonyl (C=O) groups excluding carboxylic acids is 3. The van der Waals surface area contributed by atoms with Crippen molar-refractivity contribution >= 4 is 34.8 Å². The molecule has 0 aliphatic carbocycles. The van der Waals surface area contributed by atoms with Crippen LogP contribution in [0.5, 0.6) is 5.75 Å². The lowest BCUT2D eigenvalue weighted by molar-refractivity contribution is -0.137. The van der Waals surface area contributed by atoms with Crippen molar-refractivity contribution in [1.29, 1.82) is 0 Å². The van der Waals surface area contributed by atoms with Crippen LogP contribution in [0.3, 0.4) is 0 Å². The molecule has 0 spiro atoms. The molecule has 0 aromatic heterocycles. The maximum absolute atomic E-state index is 12.8. The Hall–Kier alpha value is -3.56. The summed E-state index contributed by atoms with van der Waals surface area (Å²) < 4.78 is 43.6. The average Bonchev–Trinajstić information content (AvgIpc) is 3.13. The van der Waals surface area contributed by atoms with E-state index in [9.17, 15) is 27.6 Å². The quantitative estimate of drug-likeness (QED) is 0.741. The monoisotopic (exact) mass is 421 g/mol. The van der Waals surface area contributed by atoms with Gasteiger partial charge < -0.3 is 20.3 Å². The van der Waals surface area contributed by atoms with E-state index in [4.69, 9.17) is 4.74 Å². The van der Waals surface area contributed by atoms with Gasteiger partial charge in [-0.25, -0.2) is 0 Å². The summed E-state index contributed by atoms with van der Waals surface area (Å²) in [6, 6.07) is 8.48. The first-order valence-electron chi connectivity index (χ1n) is 8.97.